The number of rotatable bonds is 6. The van der Waals surface area contributed by atoms with Crippen LogP contribution in [0, 0.1) is 28.6 Å². The molecule has 0 aromatic heterocycles. The van der Waals surface area contributed by atoms with Crippen LogP contribution in [0.1, 0.15) is 25.3 Å². The summed E-state index contributed by atoms with van der Waals surface area (Å²) in [5.41, 5.74) is -0.544. The Morgan fingerprint density at radius 1 is 1.18 bits per heavy atom. The quantitative estimate of drug-likeness (QED) is 0.780. The summed E-state index contributed by atoms with van der Waals surface area (Å²) in [6.45, 7) is 1.64. The Labute approximate surface area is 163 Å². The van der Waals surface area contributed by atoms with Gasteiger partial charge in [-0.1, -0.05) is 18.2 Å². The third kappa shape index (κ3) is 3.35. The average Bonchev–Trinajstić information content (AvgIpc) is 2.93. The van der Waals surface area contributed by atoms with Crippen molar-refractivity contribution >= 4 is 22.7 Å². The van der Waals surface area contributed by atoms with Gasteiger partial charge in [0.15, 0.2) is 0 Å². The first kappa shape index (κ1) is 19.2. The number of carbonyl (C=O) groups excluding carboxylic acids is 2. The molecule has 0 spiro atoms. The van der Waals surface area contributed by atoms with E-state index in [1.807, 2.05) is 36.4 Å². The van der Waals surface area contributed by atoms with Crippen LogP contribution in [-0.2, 0) is 10.3 Å². The van der Waals surface area contributed by atoms with Gasteiger partial charge in [0, 0.05) is 13.0 Å². The van der Waals surface area contributed by atoms with Crippen molar-refractivity contribution in [3.05, 3.63) is 42.0 Å². The third-order valence-electron chi connectivity index (χ3n) is 5.09. The summed E-state index contributed by atoms with van der Waals surface area (Å²) >= 11 is 0. The van der Waals surface area contributed by atoms with Crippen LogP contribution in [0.5, 0.6) is 5.75 Å². The van der Waals surface area contributed by atoms with E-state index < -0.39 is 23.4 Å². The second kappa shape index (κ2) is 7.58. The van der Waals surface area contributed by atoms with Crippen LogP contribution in [0.3, 0.4) is 0 Å². The second-order valence-corrected chi connectivity index (χ2v) is 6.92. The lowest BCUT2D eigenvalue weighted by atomic mass is 9.90. The maximum absolute atomic E-state index is 13.0. The number of fused-ring (bicyclic) bond motifs is 1. The molecule has 2 aromatic carbocycles. The zero-order chi connectivity index (χ0) is 20.3. The highest BCUT2D eigenvalue weighted by molar-refractivity contribution is 6.07. The third-order valence-corrected chi connectivity index (χ3v) is 5.09. The van der Waals surface area contributed by atoms with Crippen molar-refractivity contribution in [2.45, 2.75) is 25.3 Å². The molecule has 1 fully saturated rings. The highest BCUT2D eigenvalue weighted by Crippen LogP contribution is 2.32. The fraction of sp³-hybridized carbons (Fsp3) is 0.333. The molecule has 0 saturated carbocycles. The first-order chi connectivity index (χ1) is 13.4. The molecule has 0 unspecified atom stereocenters. The molecule has 1 saturated heterocycles. The molecule has 1 heterocycles. The van der Waals surface area contributed by atoms with Crippen LogP contribution in [0.15, 0.2) is 36.4 Å². The van der Waals surface area contributed by atoms with Crippen molar-refractivity contribution < 1.29 is 14.3 Å². The highest BCUT2D eigenvalue weighted by atomic mass is 16.5. The first-order valence-electron chi connectivity index (χ1n) is 8.92. The molecule has 1 aliphatic rings. The number of nitriles is 2. The number of imide groups is 1. The van der Waals surface area contributed by atoms with E-state index in [1.165, 1.54) is 0 Å². The lowest BCUT2D eigenvalue weighted by molar-refractivity contribution is -0.131. The van der Waals surface area contributed by atoms with Crippen LogP contribution in [0.2, 0.25) is 0 Å². The second-order valence-electron chi connectivity index (χ2n) is 6.92. The largest absolute Gasteiger partial charge is 0.497 e. The fourth-order valence-electron chi connectivity index (χ4n) is 3.38. The van der Waals surface area contributed by atoms with Gasteiger partial charge in [0.1, 0.15) is 11.3 Å². The Balaban J connectivity index is 1.89. The number of nitrogens with one attached hydrogen (secondary N) is 1. The maximum atomic E-state index is 13.0. The van der Waals surface area contributed by atoms with Crippen LogP contribution < -0.4 is 10.1 Å². The molecule has 3 amide bonds. The van der Waals surface area contributed by atoms with Gasteiger partial charge in [0.25, 0.3) is 5.91 Å². The van der Waals surface area contributed by atoms with Crippen molar-refractivity contribution in [1.82, 2.24) is 10.2 Å². The molecule has 2 atom stereocenters. The Kier molecular flexibility index (Phi) is 5.19. The van der Waals surface area contributed by atoms with Gasteiger partial charge in [-0.3, -0.25) is 9.69 Å². The monoisotopic (exact) mass is 376 g/mol. The minimum absolute atomic E-state index is 0.0246. The van der Waals surface area contributed by atoms with Gasteiger partial charge >= 0.3 is 6.03 Å². The van der Waals surface area contributed by atoms with E-state index >= 15 is 0 Å². The molecular weight excluding hydrogens is 356 g/mol. The molecule has 1 N–H and O–H groups in total. The van der Waals surface area contributed by atoms with Gasteiger partial charge in [-0.05, 0) is 47.9 Å². The summed E-state index contributed by atoms with van der Waals surface area (Å²) in [6, 6.07) is 14.7. The Morgan fingerprint density at radius 2 is 1.89 bits per heavy atom. The van der Waals surface area contributed by atoms with E-state index in [0.29, 0.717) is 12.0 Å². The van der Waals surface area contributed by atoms with E-state index in [4.69, 9.17) is 10.00 Å². The molecule has 2 aromatic rings. The summed E-state index contributed by atoms with van der Waals surface area (Å²) in [5.74, 6) is -0.230. The van der Waals surface area contributed by atoms with Crippen molar-refractivity contribution in [3.63, 3.8) is 0 Å². The lowest BCUT2D eigenvalue weighted by Gasteiger charge is -2.23. The topological polar surface area (TPSA) is 106 Å². The van der Waals surface area contributed by atoms with Crippen molar-refractivity contribution in [2.75, 3.05) is 13.7 Å². The molecule has 7 heteroatoms. The predicted molar refractivity (Wildman–Crippen MR) is 102 cm³/mol. The van der Waals surface area contributed by atoms with Gasteiger partial charge < -0.3 is 10.1 Å². The van der Waals surface area contributed by atoms with E-state index in [9.17, 15) is 14.9 Å². The first-order valence-corrected chi connectivity index (χ1v) is 8.92. The zero-order valence-corrected chi connectivity index (χ0v) is 15.7. The molecule has 3 rings (SSSR count). The molecule has 0 bridgehead atoms. The number of benzene rings is 2. The summed E-state index contributed by atoms with van der Waals surface area (Å²) in [6.07, 6.45) is 0.520. The average molecular weight is 376 g/mol. The number of methoxy groups -OCH3 is 1. The van der Waals surface area contributed by atoms with Gasteiger partial charge in [-0.25, -0.2) is 4.79 Å². The maximum Gasteiger partial charge on any atom is 0.325 e. The number of hydrogen-bond acceptors (Lipinski definition) is 5. The number of amides is 3. The van der Waals surface area contributed by atoms with E-state index in [0.717, 1.165) is 21.4 Å². The van der Waals surface area contributed by atoms with Gasteiger partial charge in [0.05, 0.1) is 25.2 Å². The molecule has 7 nitrogen and oxygen atoms in total. The van der Waals surface area contributed by atoms with Crippen LogP contribution in [0.4, 0.5) is 4.79 Å². The standard InChI is InChI=1S/C21H20N4O3/c1-21(17-7-5-16-11-18(28-2)8-6-15(16)10-17)19(26)25(20(27)24-21)13-14(12-23)4-3-9-22/h5-8,10-11,14H,3-4,13H2,1-2H3,(H,24,27)/t14-,21+/m1/s1. The van der Waals surface area contributed by atoms with E-state index in [-0.39, 0.29) is 13.0 Å². The fourth-order valence-corrected chi connectivity index (χ4v) is 3.38. The number of carbonyl (C=O) groups is 2. The molecule has 0 aliphatic carbocycles. The number of urea groups is 1. The van der Waals surface area contributed by atoms with Crippen LogP contribution in [-0.4, -0.2) is 30.5 Å². The molecule has 0 radical (unpaired) electrons. The molecule has 1 aliphatic heterocycles. The Hall–Kier alpha value is -3.58. The van der Waals surface area contributed by atoms with Crippen LogP contribution in [0.25, 0.3) is 10.8 Å². The van der Waals surface area contributed by atoms with Gasteiger partial charge in [-0.15, -0.1) is 0 Å². The predicted octanol–water partition coefficient (Wildman–Crippen LogP) is 3.06. The summed E-state index contributed by atoms with van der Waals surface area (Å²) in [7, 11) is 1.60. The number of ether oxygens (including phenoxy) is 1. The lowest BCUT2D eigenvalue weighted by Crippen LogP contribution is -2.41. The summed E-state index contributed by atoms with van der Waals surface area (Å²) < 4.78 is 5.23. The van der Waals surface area contributed by atoms with Crippen molar-refractivity contribution in [1.29, 1.82) is 10.5 Å². The molecule has 28 heavy (non-hydrogen) atoms. The van der Waals surface area contributed by atoms with Crippen molar-refractivity contribution in [2.24, 2.45) is 5.92 Å². The highest BCUT2D eigenvalue weighted by Gasteiger charge is 2.49. The summed E-state index contributed by atoms with van der Waals surface area (Å²) in [5, 5.41) is 22.6. The zero-order valence-electron chi connectivity index (χ0n) is 15.7. The summed E-state index contributed by atoms with van der Waals surface area (Å²) in [4.78, 5) is 26.6. The van der Waals surface area contributed by atoms with E-state index in [2.05, 4.69) is 11.4 Å². The minimum atomic E-state index is -1.21. The SMILES string of the molecule is COc1ccc2cc([C@]3(C)NC(=O)N(C[C@@H](C#N)CCC#N)C3=O)ccc2c1. The number of hydrogen-bond donors (Lipinski definition) is 1. The molecule has 142 valence electrons. The van der Waals surface area contributed by atoms with E-state index in [1.54, 1.807) is 20.1 Å². The Morgan fingerprint density at radius 3 is 2.57 bits per heavy atom. The Bertz CT molecular complexity index is 1020. The van der Waals surface area contributed by atoms with Gasteiger partial charge in [-0.2, -0.15) is 10.5 Å². The number of nitrogens with zero attached hydrogens (tertiary/aromatic N) is 3. The minimum Gasteiger partial charge on any atom is -0.497 e. The molecular formula is C21H20N4O3. The van der Waals surface area contributed by atoms with Crippen LogP contribution >= 0.6 is 0 Å². The van der Waals surface area contributed by atoms with Crippen molar-refractivity contribution in [3.8, 4) is 17.9 Å². The normalized spacial score (nSPS) is 19.8. The smallest absolute Gasteiger partial charge is 0.325 e. The van der Waals surface area contributed by atoms with Gasteiger partial charge in [0.2, 0.25) is 0 Å².